The molecule has 1 saturated heterocycles. The molecule has 2 unspecified atom stereocenters. The largest absolute Gasteiger partial charge is 0.384 e. The average molecular weight is 169 g/mol. The highest BCUT2D eigenvalue weighted by Crippen LogP contribution is 2.30. The second-order valence-corrected chi connectivity index (χ2v) is 3.01. The lowest BCUT2D eigenvalue weighted by molar-refractivity contribution is -0.124. The van der Waals surface area contributed by atoms with Crippen LogP contribution < -0.4 is 0 Å². The van der Waals surface area contributed by atoms with E-state index in [0.717, 1.165) is 6.42 Å². The van der Waals surface area contributed by atoms with Gasteiger partial charge in [-0.1, -0.05) is 0 Å². The van der Waals surface area contributed by atoms with Crippen LogP contribution in [0.5, 0.6) is 0 Å². The van der Waals surface area contributed by atoms with Gasteiger partial charge in [0.05, 0.1) is 12.7 Å². The van der Waals surface area contributed by atoms with Crippen molar-refractivity contribution >= 4 is 6.29 Å². The fourth-order valence-electron chi connectivity index (χ4n) is 1.33. The molecule has 4 nitrogen and oxygen atoms in total. The van der Waals surface area contributed by atoms with Crippen molar-refractivity contribution in [1.29, 1.82) is 5.26 Å². The van der Waals surface area contributed by atoms with E-state index < -0.39 is 11.5 Å². The number of rotatable bonds is 2. The number of carbonyl (C=O) groups is 1. The van der Waals surface area contributed by atoms with Gasteiger partial charge in [-0.25, -0.2) is 0 Å². The maximum Gasteiger partial charge on any atom is 0.150 e. The zero-order chi connectivity index (χ0) is 9.03. The Bertz CT molecular complexity index is 203. The fourth-order valence-corrected chi connectivity index (χ4v) is 1.33. The molecule has 0 aromatic rings. The first kappa shape index (κ1) is 9.17. The summed E-state index contributed by atoms with van der Waals surface area (Å²) < 4.78 is 5.06. The first-order valence-electron chi connectivity index (χ1n) is 3.87. The minimum Gasteiger partial charge on any atom is -0.384 e. The molecule has 1 fully saturated rings. The number of nitriles is 1. The van der Waals surface area contributed by atoms with Crippen molar-refractivity contribution in [3.8, 4) is 6.07 Å². The quantitative estimate of drug-likeness (QED) is 0.584. The number of ether oxygens (including phenoxy) is 1. The Morgan fingerprint density at radius 1 is 1.75 bits per heavy atom. The van der Waals surface area contributed by atoms with Gasteiger partial charge in [0.2, 0.25) is 0 Å². The van der Waals surface area contributed by atoms with Gasteiger partial charge in [-0.15, -0.1) is 0 Å². The third-order valence-electron chi connectivity index (χ3n) is 2.19. The van der Waals surface area contributed by atoms with Crippen molar-refractivity contribution in [1.82, 2.24) is 0 Å². The van der Waals surface area contributed by atoms with Gasteiger partial charge in [-0.05, 0) is 12.8 Å². The van der Waals surface area contributed by atoms with Crippen LogP contribution in [0.3, 0.4) is 0 Å². The van der Waals surface area contributed by atoms with Crippen LogP contribution in [0, 0.1) is 16.7 Å². The topological polar surface area (TPSA) is 70.3 Å². The van der Waals surface area contributed by atoms with Crippen LogP contribution in [0.2, 0.25) is 0 Å². The number of hydrogen-bond donors (Lipinski definition) is 1. The Balaban J connectivity index is 2.74. The predicted molar refractivity (Wildman–Crippen MR) is 40.2 cm³/mol. The van der Waals surface area contributed by atoms with Crippen LogP contribution >= 0.6 is 0 Å². The van der Waals surface area contributed by atoms with Crippen LogP contribution in [0.1, 0.15) is 12.8 Å². The molecule has 2 atom stereocenters. The molecule has 1 N–H and O–H groups in total. The van der Waals surface area contributed by atoms with E-state index in [2.05, 4.69) is 0 Å². The van der Waals surface area contributed by atoms with Crippen molar-refractivity contribution in [2.45, 2.75) is 18.9 Å². The lowest BCUT2D eigenvalue weighted by Gasteiger charge is -2.31. The number of nitrogens with zero attached hydrogens (tertiary/aromatic N) is 1. The highest BCUT2D eigenvalue weighted by atomic mass is 16.5. The highest BCUT2D eigenvalue weighted by Gasteiger charge is 2.40. The van der Waals surface area contributed by atoms with Gasteiger partial charge < -0.3 is 14.6 Å². The Labute approximate surface area is 70.7 Å². The standard InChI is InChI=1S/C8H11NO3/c9-5-8(7(11)4-10)2-1-3-12-6-8/h4,7,11H,1-3,6H2. The van der Waals surface area contributed by atoms with Gasteiger partial charge in [0.1, 0.15) is 17.8 Å². The van der Waals surface area contributed by atoms with Gasteiger partial charge >= 0.3 is 0 Å². The van der Waals surface area contributed by atoms with Crippen LogP contribution in [0.25, 0.3) is 0 Å². The Kier molecular flexibility index (Phi) is 2.79. The van der Waals surface area contributed by atoms with E-state index in [1.165, 1.54) is 0 Å². The average Bonchev–Trinajstić information content (AvgIpc) is 2.17. The summed E-state index contributed by atoms with van der Waals surface area (Å²) in [6, 6.07) is 1.96. The van der Waals surface area contributed by atoms with E-state index in [1.807, 2.05) is 6.07 Å². The summed E-state index contributed by atoms with van der Waals surface area (Å²) in [5.74, 6) is 0. The molecule has 0 amide bonds. The molecule has 0 aromatic carbocycles. The minimum absolute atomic E-state index is 0.156. The summed E-state index contributed by atoms with van der Waals surface area (Å²) in [7, 11) is 0. The Hall–Kier alpha value is -0.920. The zero-order valence-electron chi connectivity index (χ0n) is 6.69. The zero-order valence-corrected chi connectivity index (χ0v) is 6.69. The number of aliphatic hydroxyl groups is 1. The maximum atomic E-state index is 10.3. The number of carbonyl (C=O) groups excluding carboxylic acids is 1. The summed E-state index contributed by atoms with van der Waals surface area (Å²) in [5, 5.41) is 18.1. The highest BCUT2D eigenvalue weighted by molar-refractivity contribution is 5.58. The van der Waals surface area contributed by atoms with E-state index in [1.54, 1.807) is 0 Å². The molecular formula is C8H11NO3. The minimum atomic E-state index is -1.22. The summed E-state index contributed by atoms with van der Waals surface area (Å²) >= 11 is 0. The molecule has 0 aromatic heterocycles. The first-order valence-corrected chi connectivity index (χ1v) is 3.87. The van der Waals surface area contributed by atoms with Gasteiger partial charge in [0.25, 0.3) is 0 Å². The van der Waals surface area contributed by atoms with Crippen LogP contribution in [-0.4, -0.2) is 30.7 Å². The number of hydrogen-bond acceptors (Lipinski definition) is 4. The summed E-state index contributed by atoms with van der Waals surface area (Å²) in [4.78, 5) is 10.3. The molecule has 1 rings (SSSR count). The molecular weight excluding hydrogens is 158 g/mol. The monoisotopic (exact) mass is 169 g/mol. The van der Waals surface area contributed by atoms with Gasteiger partial charge in [-0.3, -0.25) is 0 Å². The number of aldehydes is 1. The molecule has 1 heterocycles. The summed E-state index contributed by atoms with van der Waals surface area (Å²) in [6.45, 7) is 0.762. The first-order chi connectivity index (χ1) is 5.75. The SMILES string of the molecule is N#CC1(C(O)C=O)CCCOC1. The maximum absolute atomic E-state index is 10.3. The van der Waals surface area contributed by atoms with Crippen molar-refractivity contribution < 1.29 is 14.6 Å². The molecule has 4 heteroatoms. The summed E-state index contributed by atoms with van der Waals surface area (Å²) in [5.41, 5.74) is -1.00. The Morgan fingerprint density at radius 2 is 2.50 bits per heavy atom. The molecule has 66 valence electrons. The second kappa shape index (κ2) is 3.65. The van der Waals surface area contributed by atoms with E-state index in [4.69, 9.17) is 10.00 Å². The molecule has 0 spiro atoms. The lowest BCUT2D eigenvalue weighted by atomic mass is 9.79. The van der Waals surface area contributed by atoms with Gasteiger partial charge in [0.15, 0.2) is 0 Å². The fraction of sp³-hybridized carbons (Fsp3) is 0.750. The van der Waals surface area contributed by atoms with Crippen molar-refractivity contribution in [3.05, 3.63) is 0 Å². The second-order valence-electron chi connectivity index (χ2n) is 3.01. The van der Waals surface area contributed by atoms with Gasteiger partial charge in [0, 0.05) is 6.61 Å². The van der Waals surface area contributed by atoms with E-state index >= 15 is 0 Å². The molecule has 12 heavy (non-hydrogen) atoms. The Morgan fingerprint density at radius 3 is 2.92 bits per heavy atom. The summed E-state index contributed by atoms with van der Waals surface area (Å²) in [6.07, 6.45) is 0.433. The van der Waals surface area contributed by atoms with Crippen molar-refractivity contribution in [2.75, 3.05) is 13.2 Å². The predicted octanol–water partition coefficient (Wildman–Crippen LogP) is -0.133. The molecule has 1 aliphatic heterocycles. The normalized spacial score (nSPS) is 32.0. The molecule has 0 radical (unpaired) electrons. The van der Waals surface area contributed by atoms with E-state index in [-0.39, 0.29) is 6.61 Å². The number of aliphatic hydroxyl groups excluding tert-OH is 1. The van der Waals surface area contributed by atoms with E-state index in [0.29, 0.717) is 19.3 Å². The molecule has 0 bridgehead atoms. The van der Waals surface area contributed by atoms with Crippen LogP contribution in [0.15, 0.2) is 0 Å². The van der Waals surface area contributed by atoms with E-state index in [9.17, 15) is 9.90 Å². The smallest absolute Gasteiger partial charge is 0.150 e. The third-order valence-corrected chi connectivity index (χ3v) is 2.19. The third kappa shape index (κ3) is 1.47. The van der Waals surface area contributed by atoms with Crippen LogP contribution in [0.4, 0.5) is 0 Å². The molecule has 0 saturated carbocycles. The molecule has 0 aliphatic carbocycles. The van der Waals surface area contributed by atoms with Crippen molar-refractivity contribution in [2.24, 2.45) is 5.41 Å². The lowest BCUT2D eigenvalue weighted by Crippen LogP contribution is -2.42. The molecule has 1 aliphatic rings. The van der Waals surface area contributed by atoms with Crippen LogP contribution in [-0.2, 0) is 9.53 Å². The van der Waals surface area contributed by atoms with Crippen molar-refractivity contribution in [3.63, 3.8) is 0 Å². The van der Waals surface area contributed by atoms with Gasteiger partial charge in [-0.2, -0.15) is 5.26 Å².